The van der Waals surface area contributed by atoms with Gasteiger partial charge in [-0.25, -0.2) is 4.79 Å². The first-order valence-electron chi connectivity index (χ1n) is 4.59. The third-order valence-electron chi connectivity index (χ3n) is 2.04. The van der Waals surface area contributed by atoms with Gasteiger partial charge in [0.25, 0.3) is 0 Å². The molecule has 0 saturated carbocycles. The van der Waals surface area contributed by atoms with E-state index in [1.165, 1.54) is 0 Å². The maximum atomic E-state index is 10.9. The average molecular weight is 193 g/mol. The zero-order chi connectivity index (χ0) is 10.7. The molecule has 14 heavy (non-hydrogen) atoms. The van der Waals surface area contributed by atoms with E-state index < -0.39 is 5.97 Å². The first kappa shape index (κ1) is 10.7. The van der Waals surface area contributed by atoms with Gasteiger partial charge in [0, 0.05) is 6.04 Å². The molecule has 0 radical (unpaired) electrons. The van der Waals surface area contributed by atoms with E-state index in [9.17, 15) is 4.79 Å². The average Bonchev–Trinajstić information content (AvgIpc) is 2.07. The number of benzene rings is 1. The first-order valence-corrected chi connectivity index (χ1v) is 4.59. The summed E-state index contributed by atoms with van der Waals surface area (Å²) in [5.41, 5.74) is 7.76. The highest BCUT2D eigenvalue weighted by Crippen LogP contribution is 2.13. The second-order valence-electron chi connectivity index (χ2n) is 3.65. The molecule has 0 spiro atoms. The van der Waals surface area contributed by atoms with Crippen LogP contribution in [0.25, 0.3) is 0 Å². The Morgan fingerprint density at radius 2 is 2.21 bits per heavy atom. The lowest BCUT2D eigenvalue weighted by Gasteiger charge is -2.09. The van der Waals surface area contributed by atoms with Crippen LogP contribution >= 0.6 is 0 Å². The first-order chi connectivity index (χ1) is 6.50. The van der Waals surface area contributed by atoms with Gasteiger partial charge in [-0.2, -0.15) is 0 Å². The summed E-state index contributed by atoms with van der Waals surface area (Å²) in [5.74, 6) is -0.885. The molecule has 1 rings (SSSR count). The van der Waals surface area contributed by atoms with E-state index in [0.29, 0.717) is 12.0 Å². The molecule has 0 aliphatic carbocycles. The summed E-state index contributed by atoms with van der Waals surface area (Å²) in [5, 5.41) is 8.96. The van der Waals surface area contributed by atoms with Crippen molar-refractivity contribution < 1.29 is 9.90 Å². The molecule has 1 atom stereocenters. The van der Waals surface area contributed by atoms with Crippen molar-refractivity contribution in [2.75, 3.05) is 0 Å². The molecule has 0 aromatic heterocycles. The number of hydrogen-bond donors (Lipinski definition) is 2. The van der Waals surface area contributed by atoms with Gasteiger partial charge < -0.3 is 10.8 Å². The van der Waals surface area contributed by atoms with Gasteiger partial charge in [0.1, 0.15) is 0 Å². The van der Waals surface area contributed by atoms with Crippen molar-refractivity contribution in [1.29, 1.82) is 0 Å². The van der Waals surface area contributed by atoms with Gasteiger partial charge in [-0.1, -0.05) is 17.7 Å². The van der Waals surface area contributed by atoms with Gasteiger partial charge >= 0.3 is 5.97 Å². The van der Waals surface area contributed by atoms with Crippen LogP contribution in [-0.4, -0.2) is 17.1 Å². The van der Waals surface area contributed by atoms with Crippen LogP contribution in [0.1, 0.15) is 28.4 Å². The van der Waals surface area contributed by atoms with Crippen LogP contribution in [0.5, 0.6) is 0 Å². The van der Waals surface area contributed by atoms with Crippen molar-refractivity contribution in [2.24, 2.45) is 5.73 Å². The van der Waals surface area contributed by atoms with E-state index in [2.05, 4.69) is 0 Å². The summed E-state index contributed by atoms with van der Waals surface area (Å²) < 4.78 is 0. The lowest BCUT2D eigenvalue weighted by atomic mass is 9.99. The Morgan fingerprint density at radius 1 is 1.57 bits per heavy atom. The molecule has 76 valence electrons. The van der Waals surface area contributed by atoms with Gasteiger partial charge in [-0.05, 0) is 31.9 Å². The predicted molar refractivity (Wildman–Crippen MR) is 55.5 cm³/mol. The Morgan fingerprint density at radius 3 is 2.71 bits per heavy atom. The number of aromatic carboxylic acids is 1. The van der Waals surface area contributed by atoms with Crippen LogP contribution in [0.4, 0.5) is 0 Å². The zero-order valence-corrected chi connectivity index (χ0v) is 8.45. The van der Waals surface area contributed by atoms with Crippen molar-refractivity contribution in [3.05, 3.63) is 34.9 Å². The van der Waals surface area contributed by atoms with Crippen LogP contribution in [0, 0.1) is 6.92 Å². The summed E-state index contributed by atoms with van der Waals surface area (Å²) in [6, 6.07) is 5.41. The minimum Gasteiger partial charge on any atom is -0.478 e. The Hall–Kier alpha value is -1.35. The van der Waals surface area contributed by atoms with Crippen molar-refractivity contribution in [1.82, 2.24) is 0 Å². The molecule has 3 N–H and O–H groups in total. The Kier molecular flexibility index (Phi) is 3.25. The third kappa shape index (κ3) is 2.57. The molecule has 0 aliphatic rings. The summed E-state index contributed by atoms with van der Waals surface area (Å²) in [6.45, 7) is 3.74. The number of rotatable bonds is 3. The molecule has 3 heteroatoms. The Labute approximate surface area is 83.6 Å². The van der Waals surface area contributed by atoms with Crippen molar-refractivity contribution >= 4 is 5.97 Å². The smallest absolute Gasteiger partial charge is 0.335 e. The molecule has 3 nitrogen and oxygen atoms in total. The fraction of sp³-hybridized carbons (Fsp3) is 0.364. The van der Waals surface area contributed by atoms with Gasteiger partial charge in [0.15, 0.2) is 0 Å². The number of carboxylic acids is 1. The van der Waals surface area contributed by atoms with E-state index in [1.54, 1.807) is 6.07 Å². The van der Waals surface area contributed by atoms with Gasteiger partial charge in [0.05, 0.1) is 5.56 Å². The Balaban J connectivity index is 3.08. The number of hydrogen-bond acceptors (Lipinski definition) is 2. The highest BCUT2D eigenvalue weighted by Gasteiger charge is 2.10. The van der Waals surface area contributed by atoms with Crippen LogP contribution < -0.4 is 5.73 Å². The summed E-state index contributed by atoms with van der Waals surface area (Å²) >= 11 is 0. The van der Waals surface area contributed by atoms with E-state index >= 15 is 0 Å². The molecular weight excluding hydrogens is 178 g/mol. The SMILES string of the molecule is Cc1ccc(C[C@H](C)N)c(C(=O)O)c1. The van der Waals surface area contributed by atoms with E-state index in [4.69, 9.17) is 10.8 Å². The second-order valence-corrected chi connectivity index (χ2v) is 3.65. The fourth-order valence-electron chi connectivity index (χ4n) is 1.41. The van der Waals surface area contributed by atoms with Crippen molar-refractivity contribution in [2.45, 2.75) is 26.3 Å². The second kappa shape index (κ2) is 4.24. The molecule has 0 bridgehead atoms. The molecular formula is C11H15NO2. The molecule has 1 aromatic carbocycles. The summed E-state index contributed by atoms with van der Waals surface area (Å²) in [7, 11) is 0. The number of nitrogens with two attached hydrogens (primary N) is 1. The minimum absolute atomic E-state index is 0.0178. The summed E-state index contributed by atoms with van der Waals surface area (Å²) in [4.78, 5) is 10.9. The topological polar surface area (TPSA) is 63.3 Å². The maximum Gasteiger partial charge on any atom is 0.335 e. The molecule has 0 saturated heterocycles. The van der Waals surface area contributed by atoms with Crippen LogP contribution in [0.3, 0.4) is 0 Å². The quantitative estimate of drug-likeness (QED) is 0.766. The normalized spacial score (nSPS) is 12.5. The monoisotopic (exact) mass is 193 g/mol. The van der Waals surface area contributed by atoms with Crippen LogP contribution in [0.2, 0.25) is 0 Å². The fourth-order valence-corrected chi connectivity index (χ4v) is 1.41. The largest absolute Gasteiger partial charge is 0.478 e. The van der Waals surface area contributed by atoms with Crippen molar-refractivity contribution in [3.8, 4) is 0 Å². The predicted octanol–water partition coefficient (Wildman–Crippen LogP) is 1.58. The van der Waals surface area contributed by atoms with Gasteiger partial charge in [-0.3, -0.25) is 0 Å². The molecule has 0 amide bonds. The van der Waals surface area contributed by atoms with E-state index in [-0.39, 0.29) is 6.04 Å². The van der Waals surface area contributed by atoms with Gasteiger partial charge in [-0.15, -0.1) is 0 Å². The Bertz CT molecular complexity index is 345. The van der Waals surface area contributed by atoms with Crippen LogP contribution in [-0.2, 0) is 6.42 Å². The van der Waals surface area contributed by atoms with Crippen LogP contribution in [0.15, 0.2) is 18.2 Å². The lowest BCUT2D eigenvalue weighted by Crippen LogP contribution is -2.19. The van der Waals surface area contributed by atoms with Crippen molar-refractivity contribution in [3.63, 3.8) is 0 Å². The van der Waals surface area contributed by atoms with E-state index in [1.807, 2.05) is 26.0 Å². The highest BCUT2D eigenvalue weighted by atomic mass is 16.4. The molecule has 0 aliphatic heterocycles. The molecule has 0 fully saturated rings. The van der Waals surface area contributed by atoms with E-state index in [0.717, 1.165) is 11.1 Å². The summed E-state index contributed by atoms with van der Waals surface area (Å²) in [6.07, 6.45) is 0.599. The third-order valence-corrected chi connectivity index (χ3v) is 2.04. The lowest BCUT2D eigenvalue weighted by molar-refractivity contribution is 0.0695. The number of carbonyl (C=O) groups is 1. The van der Waals surface area contributed by atoms with Gasteiger partial charge in [0.2, 0.25) is 0 Å². The highest BCUT2D eigenvalue weighted by molar-refractivity contribution is 5.89. The molecule has 0 heterocycles. The zero-order valence-electron chi connectivity index (χ0n) is 8.45. The molecule has 0 unspecified atom stereocenters. The number of carboxylic acid groups (broad SMARTS) is 1. The molecule has 1 aromatic rings. The maximum absolute atomic E-state index is 10.9. The number of aryl methyl sites for hydroxylation is 1. The standard InChI is InChI=1S/C11H15NO2/c1-7-3-4-9(6-8(2)12)10(5-7)11(13)14/h3-5,8H,6,12H2,1-2H3,(H,13,14)/t8-/m0/s1. The minimum atomic E-state index is -0.885.